The summed E-state index contributed by atoms with van der Waals surface area (Å²) in [6.45, 7) is 0. The summed E-state index contributed by atoms with van der Waals surface area (Å²) >= 11 is 0. The van der Waals surface area contributed by atoms with E-state index in [1.807, 2.05) is 0 Å². The van der Waals surface area contributed by atoms with Crippen molar-refractivity contribution in [2.24, 2.45) is 0 Å². The summed E-state index contributed by atoms with van der Waals surface area (Å²) < 4.78 is 25.2. The quantitative estimate of drug-likeness (QED) is 0.437. The average Bonchev–Trinajstić information content (AvgIpc) is 1.96. The lowest BCUT2D eigenvalue weighted by Crippen LogP contribution is -2.33. The predicted molar refractivity (Wildman–Crippen MR) is 47.8 cm³/mol. The van der Waals surface area contributed by atoms with Crippen molar-refractivity contribution in [2.75, 3.05) is 5.73 Å². The fourth-order valence-electron chi connectivity index (χ4n) is 0.781. The number of nitrogens with two attached hydrogens (primary N) is 1. The van der Waals surface area contributed by atoms with Crippen molar-refractivity contribution in [3.63, 3.8) is 0 Å². The number of nitrogen functional groups attached to an aromatic ring is 1. The second-order valence-corrected chi connectivity index (χ2v) is 2.27. The van der Waals surface area contributed by atoms with E-state index in [-0.39, 0.29) is 18.1 Å². The highest BCUT2D eigenvalue weighted by molar-refractivity contribution is 6.58. The summed E-state index contributed by atoms with van der Waals surface area (Å²) in [5.41, 5.74) is 4.31. The van der Waals surface area contributed by atoms with E-state index in [0.717, 1.165) is 6.07 Å². The van der Waals surface area contributed by atoms with Crippen molar-refractivity contribution in [2.45, 2.75) is 0 Å². The van der Waals surface area contributed by atoms with E-state index in [1.165, 1.54) is 0 Å². The molecule has 0 fully saturated rings. The van der Waals surface area contributed by atoms with Crippen LogP contribution in [0.5, 0.6) is 0 Å². The molecule has 0 bridgehead atoms. The van der Waals surface area contributed by atoms with Crippen molar-refractivity contribution in [3.8, 4) is 0 Å². The number of anilines is 1. The largest absolute Gasteiger partial charge is 0.491 e. The van der Waals surface area contributed by atoms with E-state index in [0.29, 0.717) is 6.07 Å². The normalized spacial score (nSPS) is 9.23. The topological polar surface area (TPSA) is 66.5 Å². The zero-order valence-corrected chi connectivity index (χ0v) is 7.18. The fourth-order valence-corrected chi connectivity index (χ4v) is 0.781. The highest BCUT2D eigenvalue weighted by Gasteiger charge is 2.18. The van der Waals surface area contributed by atoms with Crippen molar-refractivity contribution in [3.05, 3.63) is 23.8 Å². The van der Waals surface area contributed by atoms with Gasteiger partial charge in [0.2, 0.25) is 0 Å². The number of benzene rings is 1. The van der Waals surface area contributed by atoms with Gasteiger partial charge in [-0.15, -0.1) is 12.4 Å². The van der Waals surface area contributed by atoms with Gasteiger partial charge in [0, 0.05) is 11.5 Å². The van der Waals surface area contributed by atoms with E-state index >= 15 is 0 Å². The van der Waals surface area contributed by atoms with Gasteiger partial charge in [0.05, 0.1) is 5.69 Å². The van der Waals surface area contributed by atoms with Crippen LogP contribution in [0.2, 0.25) is 0 Å². The van der Waals surface area contributed by atoms with Gasteiger partial charge in [0.1, 0.15) is 11.6 Å². The molecule has 7 heteroatoms. The Hall–Kier alpha value is -0.845. The van der Waals surface area contributed by atoms with Gasteiger partial charge >= 0.3 is 7.12 Å². The van der Waals surface area contributed by atoms with Crippen LogP contribution in [0.4, 0.5) is 14.5 Å². The van der Waals surface area contributed by atoms with E-state index in [2.05, 4.69) is 0 Å². The number of hydrogen-bond donors (Lipinski definition) is 3. The molecule has 0 radical (unpaired) electrons. The molecule has 1 aromatic carbocycles. The van der Waals surface area contributed by atoms with Crippen LogP contribution >= 0.6 is 12.4 Å². The highest BCUT2D eigenvalue weighted by Crippen LogP contribution is 2.09. The minimum absolute atomic E-state index is 0. The third-order valence-corrected chi connectivity index (χ3v) is 1.39. The van der Waals surface area contributed by atoms with Gasteiger partial charge in [-0.25, -0.2) is 8.78 Å². The molecule has 0 unspecified atom stereocenters. The molecule has 1 rings (SSSR count). The Kier molecular flexibility index (Phi) is 4.12. The molecule has 0 atom stereocenters. The highest BCUT2D eigenvalue weighted by atomic mass is 35.5. The summed E-state index contributed by atoms with van der Waals surface area (Å²) in [6, 6.07) is 1.35. The van der Waals surface area contributed by atoms with Crippen LogP contribution in [-0.2, 0) is 0 Å². The Bertz CT molecular complexity index is 311. The Balaban J connectivity index is 0.00000144. The first kappa shape index (κ1) is 12.2. The van der Waals surface area contributed by atoms with Crippen molar-refractivity contribution in [1.29, 1.82) is 0 Å². The third-order valence-electron chi connectivity index (χ3n) is 1.39. The average molecular weight is 209 g/mol. The number of halogens is 3. The summed E-state index contributed by atoms with van der Waals surface area (Å²) in [5, 5.41) is 17.1. The van der Waals surface area contributed by atoms with Crippen molar-refractivity contribution < 1.29 is 18.8 Å². The first-order chi connectivity index (χ1) is 5.52. The van der Waals surface area contributed by atoms with E-state index in [9.17, 15) is 8.78 Å². The van der Waals surface area contributed by atoms with E-state index in [1.54, 1.807) is 0 Å². The van der Waals surface area contributed by atoms with Crippen LogP contribution in [0, 0.1) is 11.6 Å². The Morgan fingerprint density at radius 1 is 1.15 bits per heavy atom. The van der Waals surface area contributed by atoms with Gasteiger partial charge in [0.15, 0.2) is 0 Å². The molecule has 72 valence electrons. The predicted octanol–water partition coefficient (Wildman–Crippen LogP) is -0.351. The van der Waals surface area contributed by atoms with Gasteiger partial charge in [-0.1, -0.05) is 0 Å². The molecule has 0 spiro atoms. The SMILES string of the molecule is Cl.Nc1cc(B(O)O)c(F)cc1F. The van der Waals surface area contributed by atoms with Crippen molar-refractivity contribution in [1.82, 2.24) is 0 Å². The molecule has 0 aliphatic heterocycles. The number of rotatable bonds is 1. The maximum atomic E-state index is 12.7. The molecular weight excluding hydrogens is 202 g/mol. The second kappa shape index (κ2) is 4.41. The smallest absolute Gasteiger partial charge is 0.423 e. The van der Waals surface area contributed by atoms with Gasteiger partial charge in [-0.2, -0.15) is 0 Å². The van der Waals surface area contributed by atoms with Crippen LogP contribution in [0.3, 0.4) is 0 Å². The minimum atomic E-state index is -1.98. The molecule has 0 heterocycles. The lowest BCUT2D eigenvalue weighted by atomic mass is 9.79. The zero-order valence-electron chi connectivity index (χ0n) is 6.37. The monoisotopic (exact) mass is 209 g/mol. The van der Waals surface area contributed by atoms with Crippen LogP contribution in [0.15, 0.2) is 12.1 Å². The molecule has 0 aliphatic carbocycles. The summed E-state index contributed by atoms with van der Waals surface area (Å²) in [7, 11) is -1.98. The molecule has 0 amide bonds. The Morgan fingerprint density at radius 2 is 1.69 bits per heavy atom. The molecule has 0 aliphatic rings. The van der Waals surface area contributed by atoms with Gasteiger partial charge in [-0.05, 0) is 6.07 Å². The van der Waals surface area contributed by atoms with Crippen molar-refractivity contribution >= 4 is 30.7 Å². The number of hydrogen-bond acceptors (Lipinski definition) is 3. The molecule has 0 saturated heterocycles. The van der Waals surface area contributed by atoms with E-state index < -0.39 is 24.2 Å². The first-order valence-corrected chi connectivity index (χ1v) is 3.13. The third kappa shape index (κ3) is 2.55. The van der Waals surface area contributed by atoms with Crippen LogP contribution in [0.1, 0.15) is 0 Å². The van der Waals surface area contributed by atoms with Gasteiger partial charge in [-0.3, -0.25) is 0 Å². The molecule has 0 saturated carbocycles. The molecular formula is C6H7BClF2NO2. The molecule has 4 N–H and O–H groups in total. The van der Waals surface area contributed by atoms with Gasteiger partial charge < -0.3 is 15.8 Å². The fraction of sp³-hybridized carbons (Fsp3) is 0. The van der Waals surface area contributed by atoms with Crippen LogP contribution < -0.4 is 11.2 Å². The summed E-state index contributed by atoms with van der Waals surface area (Å²) in [4.78, 5) is 0. The lowest BCUT2D eigenvalue weighted by Gasteiger charge is -2.03. The standard InChI is InChI=1S/C6H6BF2NO2.ClH/c8-4-2-5(9)6(10)1-3(4)7(11)12;/h1-2,11-12H,10H2;1H. The van der Waals surface area contributed by atoms with Gasteiger partial charge in [0.25, 0.3) is 0 Å². The van der Waals surface area contributed by atoms with Crippen LogP contribution in [-0.4, -0.2) is 17.2 Å². The second-order valence-electron chi connectivity index (χ2n) is 2.27. The Morgan fingerprint density at radius 3 is 2.15 bits per heavy atom. The summed E-state index contributed by atoms with van der Waals surface area (Å²) in [5.74, 6) is -1.95. The van der Waals surface area contributed by atoms with Crippen LogP contribution in [0.25, 0.3) is 0 Å². The maximum Gasteiger partial charge on any atom is 0.491 e. The molecule has 1 aromatic rings. The molecule has 3 nitrogen and oxygen atoms in total. The summed E-state index contributed by atoms with van der Waals surface area (Å²) in [6.07, 6.45) is 0. The molecule has 13 heavy (non-hydrogen) atoms. The minimum Gasteiger partial charge on any atom is -0.423 e. The zero-order chi connectivity index (χ0) is 9.30. The first-order valence-electron chi connectivity index (χ1n) is 3.13. The lowest BCUT2D eigenvalue weighted by molar-refractivity contribution is 0.423. The maximum absolute atomic E-state index is 12.7. The Labute approximate surface area is 79.7 Å². The van der Waals surface area contributed by atoms with E-state index in [4.69, 9.17) is 15.8 Å². The molecule has 0 aromatic heterocycles.